The van der Waals surface area contributed by atoms with Gasteiger partial charge in [-0.1, -0.05) is 0 Å². The summed E-state index contributed by atoms with van der Waals surface area (Å²) in [5.41, 5.74) is -0.710. The van der Waals surface area contributed by atoms with Crippen LogP contribution in [0.1, 0.15) is 12.8 Å². The van der Waals surface area contributed by atoms with Crippen molar-refractivity contribution in [3.63, 3.8) is 0 Å². The van der Waals surface area contributed by atoms with Gasteiger partial charge in [0.15, 0.2) is 5.82 Å². The molecule has 0 bridgehead atoms. The van der Waals surface area contributed by atoms with Crippen molar-refractivity contribution in [1.82, 2.24) is 15.4 Å². The third kappa shape index (κ3) is 3.80. The highest BCUT2D eigenvalue weighted by Gasteiger charge is 2.37. The number of phenolic OH excluding ortho intramolecular Hbond substituents is 1. The van der Waals surface area contributed by atoms with Gasteiger partial charge in [-0.25, -0.2) is 18.2 Å². The molecule has 2 aliphatic heterocycles. The highest BCUT2D eigenvalue weighted by Crippen LogP contribution is 2.36. The number of rotatable bonds is 3. The number of aromatic hydroxyl groups is 1. The Morgan fingerprint density at radius 1 is 1.31 bits per heavy atom. The molecule has 0 spiro atoms. The molecular formula is C14H18FN5O5S. The van der Waals surface area contributed by atoms with E-state index in [2.05, 4.69) is 16.0 Å². The van der Waals surface area contributed by atoms with Crippen LogP contribution in [0.4, 0.5) is 20.6 Å². The molecule has 10 nitrogen and oxygen atoms in total. The molecule has 0 saturated carbocycles. The van der Waals surface area contributed by atoms with Gasteiger partial charge in [0.1, 0.15) is 18.0 Å². The van der Waals surface area contributed by atoms with Gasteiger partial charge in [0.25, 0.3) is 5.91 Å². The molecule has 0 atom stereocenters. The van der Waals surface area contributed by atoms with Gasteiger partial charge < -0.3 is 21.1 Å². The third-order valence-electron chi connectivity index (χ3n) is 4.05. The molecule has 26 heavy (non-hydrogen) atoms. The molecule has 2 aliphatic rings. The molecule has 0 aromatic heterocycles. The summed E-state index contributed by atoms with van der Waals surface area (Å²) in [5.74, 6) is -2.66. The van der Waals surface area contributed by atoms with E-state index in [1.165, 1.54) is 0 Å². The average molecular weight is 387 g/mol. The Bertz CT molecular complexity index is 817. The van der Waals surface area contributed by atoms with Crippen LogP contribution in [0.2, 0.25) is 0 Å². The fraction of sp³-hybridized carbons (Fsp3) is 0.429. The number of benzene rings is 1. The molecule has 2 saturated heterocycles. The third-order valence-corrected chi connectivity index (χ3v) is 5.42. The van der Waals surface area contributed by atoms with E-state index < -0.39 is 45.9 Å². The van der Waals surface area contributed by atoms with Gasteiger partial charge in [-0.05, 0) is 32.0 Å². The molecule has 1 aromatic rings. The lowest BCUT2D eigenvalue weighted by atomic mass is 10.1. The lowest BCUT2D eigenvalue weighted by Crippen LogP contribution is -2.44. The van der Waals surface area contributed by atoms with Crippen LogP contribution >= 0.6 is 0 Å². The van der Waals surface area contributed by atoms with E-state index >= 15 is 0 Å². The van der Waals surface area contributed by atoms with Crippen molar-refractivity contribution in [2.24, 2.45) is 0 Å². The number of hydrogen-bond acceptors (Lipinski definition) is 6. The lowest BCUT2D eigenvalue weighted by molar-refractivity contribution is -0.117. The summed E-state index contributed by atoms with van der Waals surface area (Å²) in [5, 5.41) is 18.3. The van der Waals surface area contributed by atoms with E-state index in [4.69, 9.17) is 0 Å². The van der Waals surface area contributed by atoms with Crippen molar-refractivity contribution in [2.75, 3.05) is 29.3 Å². The number of carbonyl (C=O) groups excluding carboxylic acids is 2. The fourth-order valence-corrected chi connectivity index (χ4v) is 4.04. The first kappa shape index (κ1) is 18.2. The van der Waals surface area contributed by atoms with Gasteiger partial charge in [0.05, 0.1) is 0 Å². The normalized spacial score (nSPS) is 19.9. The summed E-state index contributed by atoms with van der Waals surface area (Å²) >= 11 is 0. The number of hydrogen-bond donors (Lipinski definition) is 5. The SMILES string of the molecule is O=C1CN(c2c(O)cc(NC(=O)NC3CCNCC3)cc2F)S(=O)(=O)N1. The Morgan fingerprint density at radius 2 is 2.00 bits per heavy atom. The summed E-state index contributed by atoms with van der Waals surface area (Å²) in [6.45, 7) is 0.925. The van der Waals surface area contributed by atoms with Crippen LogP contribution in [0.15, 0.2) is 12.1 Å². The van der Waals surface area contributed by atoms with E-state index in [-0.39, 0.29) is 11.7 Å². The van der Waals surface area contributed by atoms with Crippen LogP contribution in [0, 0.1) is 5.82 Å². The highest BCUT2D eigenvalue weighted by atomic mass is 32.2. The molecule has 0 unspecified atom stereocenters. The summed E-state index contributed by atoms with van der Waals surface area (Å²) in [7, 11) is -4.26. The van der Waals surface area contributed by atoms with E-state index in [0.717, 1.165) is 38.1 Å². The monoisotopic (exact) mass is 387 g/mol. The van der Waals surface area contributed by atoms with Crippen LogP contribution in [0.5, 0.6) is 5.75 Å². The van der Waals surface area contributed by atoms with Crippen LogP contribution in [0.3, 0.4) is 0 Å². The average Bonchev–Trinajstić information content (AvgIpc) is 2.80. The Morgan fingerprint density at radius 3 is 2.58 bits per heavy atom. The second-order valence-electron chi connectivity index (χ2n) is 5.99. The second kappa shape index (κ2) is 6.96. The summed E-state index contributed by atoms with van der Waals surface area (Å²) in [6.07, 6.45) is 1.53. The zero-order valence-corrected chi connectivity index (χ0v) is 14.4. The minimum Gasteiger partial charge on any atom is -0.506 e. The van der Waals surface area contributed by atoms with Crippen molar-refractivity contribution in [1.29, 1.82) is 0 Å². The van der Waals surface area contributed by atoms with Crippen LogP contribution in [-0.2, 0) is 15.0 Å². The Hall–Kier alpha value is -2.60. The van der Waals surface area contributed by atoms with Gasteiger partial charge >= 0.3 is 16.2 Å². The van der Waals surface area contributed by atoms with Crippen molar-refractivity contribution in [3.05, 3.63) is 17.9 Å². The maximum atomic E-state index is 14.4. The lowest BCUT2D eigenvalue weighted by Gasteiger charge is -2.24. The number of anilines is 2. The molecule has 5 N–H and O–H groups in total. The van der Waals surface area contributed by atoms with Gasteiger partial charge in [-0.3, -0.25) is 4.79 Å². The van der Waals surface area contributed by atoms with Gasteiger partial charge in [0.2, 0.25) is 0 Å². The molecular weight excluding hydrogens is 369 g/mol. The minimum absolute atomic E-state index is 0.0132. The van der Waals surface area contributed by atoms with Gasteiger partial charge in [0, 0.05) is 17.8 Å². The Kier molecular flexibility index (Phi) is 4.87. The number of nitrogens with one attached hydrogen (secondary N) is 4. The smallest absolute Gasteiger partial charge is 0.326 e. The fourth-order valence-electron chi connectivity index (χ4n) is 2.87. The van der Waals surface area contributed by atoms with Crippen molar-refractivity contribution in [3.8, 4) is 5.75 Å². The maximum absolute atomic E-state index is 14.4. The minimum atomic E-state index is -4.26. The van der Waals surface area contributed by atoms with E-state index in [0.29, 0.717) is 4.31 Å². The number of halogens is 1. The highest BCUT2D eigenvalue weighted by molar-refractivity contribution is 7.92. The molecule has 12 heteroatoms. The predicted octanol–water partition coefficient (Wildman–Crippen LogP) is -0.414. The van der Waals surface area contributed by atoms with E-state index in [1.54, 1.807) is 4.72 Å². The largest absolute Gasteiger partial charge is 0.506 e. The number of amides is 3. The van der Waals surface area contributed by atoms with Crippen LogP contribution in [-0.4, -0.2) is 51.1 Å². The Balaban J connectivity index is 1.75. The van der Waals surface area contributed by atoms with E-state index in [9.17, 15) is 27.5 Å². The van der Waals surface area contributed by atoms with Crippen molar-refractivity contribution < 1.29 is 27.5 Å². The number of piperidine rings is 1. The van der Waals surface area contributed by atoms with E-state index in [1.807, 2.05) is 0 Å². The Labute approximate surface area is 148 Å². The first-order chi connectivity index (χ1) is 12.3. The second-order valence-corrected chi connectivity index (χ2v) is 7.58. The number of carbonyl (C=O) groups is 2. The van der Waals surface area contributed by atoms with Gasteiger partial charge in [-0.15, -0.1) is 0 Å². The number of nitrogens with zero attached hydrogens (tertiary/aromatic N) is 1. The summed E-state index contributed by atoms with van der Waals surface area (Å²) < 4.78 is 40.1. The molecule has 1 aromatic carbocycles. The standard InChI is InChI=1S/C14H18FN5O5S/c15-10-5-9(18-14(23)17-8-1-3-16-4-2-8)6-11(21)13(10)20-7-12(22)19-26(20,24)25/h5-6,8,16,21H,1-4,7H2,(H,19,22)(H2,17,18,23). The maximum Gasteiger partial charge on any atom is 0.326 e. The topological polar surface area (TPSA) is 140 Å². The number of phenols is 1. The summed E-state index contributed by atoms with van der Waals surface area (Å²) in [6, 6.07) is 1.31. The first-order valence-corrected chi connectivity index (χ1v) is 9.34. The molecule has 3 amide bonds. The molecule has 0 radical (unpaired) electrons. The van der Waals surface area contributed by atoms with Crippen LogP contribution in [0.25, 0.3) is 0 Å². The molecule has 142 valence electrons. The quantitative estimate of drug-likeness (QED) is 0.478. The molecule has 3 rings (SSSR count). The molecule has 2 fully saturated rings. The summed E-state index contributed by atoms with van der Waals surface area (Å²) in [4.78, 5) is 23.2. The van der Waals surface area contributed by atoms with Crippen LogP contribution < -0.4 is 25.0 Å². The molecule has 2 heterocycles. The van der Waals surface area contributed by atoms with Crippen molar-refractivity contribution in [2.45, 2.75) is 18.9 Å². The zero-order valence-electron chi connectivity index (χ0n) is 13.6. The number of urea groups is 1. The molecule has 0 aliphatic carbocycles. The van der Waals surface area contributed by atoms with Gasteiger partial charge in [-0.2, -0.15) is 8.42 Å². The van der Waals surface area contributed by atoms with Crippen molar-refractivity contribution >= 4 is 33.5 Å². The first-order valence-electron chi connectivity index (χ1n) is 7.90. The predicted molar refractivity (Wildman–Crippen MR) is 90.5 cm³/mol. The zero-order chi connectivity index (χ0) is 18.9.